The molecule has 1 aliphatic heterocycles. The fraction of sp³-hybridized carbons (Fsp3) is 0.611. The van der Waals surface area contributed by atoms with Gasteiger partial charge in [-0.1, -0.05) is 6.42 Å². The second kappa shape index (κ2) is 7.54. The van der Waals surface area contributed by atoms with Gasteiger partial charge in [-0.2, -0.15) is 4.31 Å². The van der Waals surface area contributed by atoms with Gasteiger partial charge in [0.15, 0.2) is 6.61 Å². The Morgan fingerprint density at radius 3 is 2.62 bits per heavy atom. The zero-order chi connectivity index (χ0) is 18.8. The quantitative estimate of drug-likeness (QED) is 0.804. The summed E-state index contributed by atoms with van der Waals surface area (Å²) in [5.74, 6) is -0.169. The van der Waals surface area contributed by atoms with Crippen LogP contribution in [0.1, 0.15) is 32.1 Å². The Morgan fingerprint density at radius 1 is 1.27 bits per heavy atom. The number of piperidine rings is 1. The number of sulfonamides is 1. The van der Waals surface area contributed by atoms with E-state index in [0.29, 0.717) is 18.8 Å². The van der Waals surface area contributed by atoms with Crippen molar-refractivity contribution in [1.82, 2.24) is 4.31 Å². The van der Waals surface area contributed by atoms with Crippen LogP contribution in [0.4, 0.5) is 0 Å². The van der Waals surface area contributed by atoms with Crippen molar-refractivity contribution in [1.29, 1.82) is 0 Å². The van der Waals surface area contributed by atoms with Gasteiger partial charge in [0.25, 0.3) is 5.91 Å². The minimum atomic E-state index is -3.57. The number of primary amides is 1. The van der Waals surface area contributed by atoms with E-state index in [9.17, 15) is 13.2 Å². The molecule has 1 aliphatic carbocycles. The first-order chi connectivity index (χ1) is 12.4. The zero-order valence-corrected chi connectivity index (χ0v) is 15.8. The van der Waals surface area contributed by atoms with Crippen molar-refractivity contribution in [3.8, 4) is 5.75 Å². The lowest BCUT2D eigenvalue weighted by Crippen LogP contribution is -2.49. The summed E-state index contributed by atoms with van der Waals surface area (Å²) in [6.45, 7) is 0.799. The van der Waals surface area contributed by atoms with E-state index in [1.165, 1.54) is 12.1 Å². The van der Waals surface area contributed by atoms with Gasteiger partial charge in [0, 0.05) is 25.6 Å². The average molecular weight is 382 g/mol. The van der Waals surface area contributed by atoms with Crippen LogP contribution in [-0.4, -0.2) is 51.5 Å². The molecule has 7 nitrogen and oxygen atoms in total. The summed E-state index contributed by atoms with van der Waals surface area (Å²) in [5, 5.41) is 0. The fourth-order valence-electron chi connectivity index (χ4n) is 4.27. The molecular formula is C18H26N2O5S. The average Bonchev–Trinajstić information content (AvgIpc) is 3.02. The molecule has 26 heavy (non-hydrogen) atoms. The highest BCUT2D eigenvalue weighted by atomic mass is 32.2. The Labute approximate surface area is 154 Å². The van der Waals surface area contributed by atoms with Gasteiger partial charge in [0.2, 0.25) is 10.0 Å². The van der Waals surface area contributed by atoms with Crippen LogP contribution >= 0.6 is 0 Å². The van der Waals surface area contributed by atoms with E-state index in [-0.39, 0.29) is 23.0 Å². The smallest absolute Gasteiger partial charge is 0.255 e. The number of carbonyl (C=O) groups excluding carboxylic acids is 1. The van der Waals surface area contributed by atoms with Gasteiger partial charge in [-0.15, -0.1) is 0 Å². The topological polar surface area (TPSA) is 98.9 Å². The molecule has 2 atom stereocenters. The van der Waals surface area contributed by atoms with E-state index in [1.807, 2.05) is 0 Å². The van der Waals surface area contributed by atoms with Gasteiger partial charge in [0.1, 0.15) is 5.75 Å². The van der Waals surface area contributed by atoms with Crippen molar-refractivity contribution in [3.63, 3.8) is 0 Å². The molecule has 1 aromatic carbocycles. The number of hydrogen-bond donors (Lipinski definition) is 1. The fourth-order valence-corrected chi connectivity index (χ4v) is 5.85. The molecule has 0 unspecified atom stereocenters. The number of carbonyl (C=O) groups is 1. The molecule has 1 saturated heterocycles. The van der Waals surface area contributed by atoms with E-state index >= 15 is 0 Å². The molecule has 144 valence electrons. The van der Waals surface area contributed by atoms with E-state index in [0.717, 1.165) is 32.1 Å². The van der Waals surface area contributed by atoms with Gasteiger partial charge in [-0.05, 0) is 49.9 Å². The van der Waals surface area contributed by atoms with Crippen LogP contribution in [0, 0.1) is 5.41 Å². The summed E-state index contributed by atoms with van der Waals surface area (Å²) < 4.78 is 38.6. The van der Waals surface area contributed by atoms with Gasteiger partial charge in [0.05, 0.1) is 11.0 Å². The van der Waals surface area contributed by atoms with Crippen LogP contribution in [0.15, 0.2) is 29.2 Å². The van der Waals surface area contributed by atoms with Crippen molar-refractivity contribution in [2.45, 2.75) is 43.1 Å². The summed E-state index contributed by atoms with van der Waals surface area (Å²) in [6, 6.07) is 6.11. The Bertz CT molecular complexity index is 749. The van der Waals surface area contributed by atoms with E-state index in [2.05, 4.69) is 0 Å². The van der Waals surface area contributed by atoms with Crippen LogP contribution in [0.5, 0.6) is 5.75 Å². The normalized spacial score (nSPS) is 26.9. The molecule has 0 radical (unpaired) electrons. The number of hydrogen-bond acceptors (Lipinski definition) is 5. The first-order valence-corrected chi connectivity index (χ1v) is 10.4. The highest BCUT2D eigenvalue weighted by Crippen LogP contribution is 2.47. The minimum absolute atomic E-state index is 0.0649. The van der Waals surface area contributed by atoms with Gasteiger partial charge in [-0.3, -0.25) is 4.79 Å². The van der Waals surface area contributed by atoms with Gasteiger partial charge in [-0.25, -0.2) is 8.42 Å². The summed E-state index contributed by atoms with van der Waals surface area (Å²) in [7, 11) is -1.86. The third kappa shape index (κ3) is 3.72. The molecule has 2 N–H and O–H groups in total. The largest absolute Gasteiger partial charge is 0.484 e. The van der Waals surface area contributed by atoms with Crippen LogP contribution in [0.2, 0.25) is 0 Å². The van der Waals surface area contributed by atoms with Crippen LogP contribution in [-0.2, 0) is 19.6 Å². The van der Waals surface area contributed by atoms with Crippen LogP contribution in [0.3, 0.4) is 0 Å². The number of nitrogens with two attached hydrogens (primary N) is 1. The number of amides is 1. The summed E-state index contributed by atoms with van der Waals surface area (Å²) in [4.78, 5) is 11.0. The molecule has 0 bridgehead atoms. The van der Waals surface area contributed by atoms with E-state index < -0.39 is 15.9 Å². The summed E-state index contributed by atoms with van der Waals surface area (Å²) >= 11 is 0. The predicted octanol–water partition coefficient (Wildman–Crippen LogP) is 1.52. The predicted molar refractivity (Wildman–Crippen MR) is 96.2 cm³/mol. The Kier molecular flexibility index (Phi) is 5.55. The molecule has 1 heterocycles. The molecule has 1 spiro atoms. The van der Waals surface area contributed by atoms with Gasteiger partial charge >= 0.3 is 0 Å². The summed E-state index contributed by atoms with van der Waals surface area (Å²) in [6.07, 6.45) is 5.08. The standard InChI is InChI=1S/C18H26N2O5S/c1-24-16-4-2-9-18(16)10-3-11-20(13-18)26(22,23)15-7-5-14(6-8-15)25-12-17(19)21/h5-8,16H,2-4,9-13H2,1H3,(H2,19,21)/t16-,18+/m1/s1. The first-order valence-electron chi connectivity index (χ1n) is 8.91. The van der Waals surface area contributed by atoms with Crippen molar-refractivity contribution in [2.24, 2.45) is 11.1 Å². The van der Waals surface area contributed by atoms with Crippen molar-refractivity contribution in [2.75, 3.05) is 26.8 Å². The number of benzene rings is 1. The zero-order valence-electron chi connectivity index (χ0n) is 15.0. The molecule has 2 aliphatic rings. The number of rotatable bonds is 6. The molecule has 2 fully saturated rings. The van der Waals surface area contributed by atoms with Crippen molar-refractivity contribution in [3.05, 3.63) is 24.3 Å². The SMILES string of the molecule is CO[C@@H]1CCC[C@@]12CCCN(S(=O)(=O)c1ccc(OCC(N)=O)cc1)C2. The van der Waals surface area contributed by atoms with E-state index in [1.54, 1.807) is 23.5 Å². The second-order valence-electron chi connectivity index (χ2n) is 7.15. The molecular weight excluding hydrogens is 356 g/mol. The monoisotopic (exact) mass is 382 g/mol. The highest BCUT2D eigenvalue weighted by Gasteiger charge is 2.48. The number of methoxy groups -OCH3 is 1. The Morgan fingerprint density at radius 2 is 1.96 bits per heavy atom. The molecule has 3 rings (SSSR count). The molecule has 0 aromatic heterocycles. The molecule has 1 amide bonds. The lowest BCUT2D eigenvalue weighted by molar-refractivity contribution is -0.119. The number of ether oxygens (including phenoxy) is 2. The third-order valence-electron chi connectivity index (χ3n) is 5.52. The van der Waals surface area contributed by atoms with Crippen molar-refractivity contribution < 1.29 is 22.7 Å². The van der Waals surface area contributed by atoms with Crippen LogP contribution in [0.25, 0.3) is 0 Å². The van der Waals surface area contributed by atoms with Gasteiger partial charge < -0.3 is 15.2 Å². The maximum absolute atomic E-state index is 13.1. The first kappa shape index (κ1) is 19.1. The second-order valence-corrected chi connectivity index (χ2v) is 9.09. The Balaban J connectivity index is 1.76. The summed E-state index contributed by atoms with van der Waals surface area (Å²) in [5.41, 5.74) is 4.97. The molecule has 1 saturated carbocycles. The maximum Gasteiger partial charge on any atom is 0.255 e. The van der Waals surface area contributed by atoms with E-state index in [4.69, 9.17) is 15.2 Å². The van der Waals surface area contributed by atoms with Crippen LogP contribution < -0.4 is 10.5 Å². The Hall–Kier alpha value is -1.64. The lowest BCUT2D eigenvalue weighted by atomic mass is 9.77. The lowest BCUT2D eigenvalue weighted by Gasteiger charge is -2.43. The maximum atomic E-state index is 13.1. The molecule has 1 aromatic rings. The highest BCUT2D eigenvalue weighted by molar-refractivity contribution is 7.89. The van der Waals surface area contributed by atoms with Crippen molar-refractivity contribution >= 4 is 15.9 Å². The minimum Gasteiger partial charge on any atom is -0.484 e. The number of nitrogens with zero attached hydrogens (tertiary/aromatic N) is 1. The molecule has 8 heteroatoms. The third-order valence-corrected chi connectivity index (χ3v) is 7.38.